The molecular weight excluding hydrogens is 224 g/mol. The number of aliphatic carboxylic acids is 1. The number of nitrogens with two attached hydrogens (primary N) is 1. The van der Waals surface area contributed by atoms with Gasteiger partial charge in [0.2, 0.25) is 5.91 Å². The number of benzene rings is 1. The molecule has 0 saturated heterocycles. The van der Waals surface area contributed by atoms with Crippen molar-refractivity contribution in [3.8, 4) is 5.75 Å². The van der Waals surface area contributed by atoms with Gasteiger partial charge in [-0.3, -0.25) is 9.59 Å². The Morgan fingerprint density at radius 2 is 1.88 bits per heavy atom. The molecule has 0 saturated carbocycles. The number of amides is 1. The topological polar surface area (TPSA) is 113 Å². The summed E-state index contributed by atoms with van der Waals surface area (Å²) in [5.41, 5.74) is 5.89. The van der Waals surface area contributed by atoms with Crippen LogP contribution < -0.4 is 11.1 Å². The number of primary amides is 1. The van der Waals surface area contributed by atoms with Gasteiger partial charge in [0.1, 0.15) is 5.75 Å². The van der Waals surface area contributed by atoms with Crippen molar-refractivity contribution < 1.29 is 19.8 Å². The van der Waals surface area contributed by atoms with Crippen LogP contribution in [0, 0.1) is 0 Å². The predicted molar refractivity (Wildman–Crippen MR) is 60.2 cm³/mol. The molecule has 1 rings (SSSR count). The van der Waals surface area contributed by atoms with Crippen molar-refractivity contribution >= 4 is 11.9 Å². The first-order chi connectivity index (χ1) is 7.99. The molecule has 0 aliphatic heterocycles. The summed E-state index contributed by atoms with van der Waals surface area (Å²) in [5, 5.41) is 20.4. The molecule has 1 aromatic carbocycles. The zero-order chi connectivity index (χ0) is 12.8. The summed E-state index contributed by atoms with van der Waals surface area (Å²) in [6.45, 7) is 0.307. The third kappa shape index (κ3) is 4.52. The van der Waals surface area contributed by atoms with E-state index in [0.717, 1.165) is 5.56 Å². The van der Waals surface area contributed by atoms with Crippen LogP contribution in [0.2, 0.25) is 0 Å². The molecule has 17 heavy (non-hydrogen) atoms. The zero-order valence-electron chi connectivity index (χ0n) is 9.09. The normalized spacial score (nSPS) is 12.0. The number of nitrogens with one attached hydrogen (secondary N) is 1. The highest BCUT2D eigenvalue weighted by molar-refractivity contribution is 5.84. The molecule has 1 amide bonds. The number of rotatable bonds is 6. The van der Waals surface area contributed by atoms with Gasteiger partial charge in [0.05, 0.1) is 12.5 Å². The van der Waals surface area contributed by atoms with Gasteiger partial charge in [0.25, 0.3) is 0 Å². The Bertz CT molecular complexity index is 402. The van der Waals surface area contributed by atoms with Crippen molar-refractivity contribution in [2.45, 2.75) is 19.0 Å². The van der Waals surface area contributed by atoms with Crippen molar-refractivity contribution in [1.29, 1.82) is 0 Å². The molecule has 0 heterocycles. The number of hydrogen-bond acceptors (Lipinski definition) is 4. The molecular formula is C11H14N2O4. The molecule has 0 aliphatic rings. The van der Waals surface area contributed by atoms with Crippen LogP contribution in [-0.4, -0.2) is 28.1 Å². The van der Waals surface area contributed by atoms with E-state index < -0.39 is 17.9 Å². The molecule has 0 aromatic heterocycles. The summed E-state index contributed by atoms with van der Waals surface area (Å²) >= 11 is 0. The molecule has 1 aromatic rings. The lowest BCUT2D eigenvalue weighted by molar-refractivity contribution is -0.139. The van der Waals surface area contributed by atoms with Crippen LogP contribution in [0.3, 0.4) is 0 Å². The minimum absolute atomic E-state index is 0.144. The summed E-state index contributed by atoms with van der Waals surface area (Å²) in [6.07, 6.45) is -0.354. The lowest BCUT2D eigenvalue weighted by Gasteiger charge is -2.13. The Balaban J connectivity index is 2.54. The van der Waals surface area contributed by atoms with Crippen LogP contribution in [0.4, 0.5) is 0 Å². The Hall–Kier alpha value is -2.08. The van der Waals surface area contributed by atoms with Gasteiger partial charge in [-0.05, 0) is 17.7 Å². The van der Waals surface area contributed by atoms with Gasteiger partial charge >= 0.3 is 5.97 Å². The minimum atomic E-state index is -1.09. The fourth-order valence-corrected chi connectivity index (χ4v) is 1.30. The average Bonchev–Trinajstić information content (AvgIpc) is 2.25. The summed E-state index contributed by atoms with van der Waals surface area (Å²) in [6, 6.07) is 5.45. The van der Waals surface area contributed by atoms with Crippen molar-refractivity contribution in [3.63, 3.8) is 0 Å². The van der Waals surface area contributed by atoms with Gasteiger partial charge in [-0.25, -0.2) is 0 Å². The number of carbonyl (C=O) groups is 2. The molecule has 6 nitrogen and oxygen atoms in total. The third-order valence-corrected chi connectivity index (χ3v) is 2.21. The first-order valence-corrected chi connectivity index (χ1v) is 5.01. The first-order valence-electron chi connectivity index (χ1n) is 5.01. The van der Waals surface area contributed by atoms with E-state index in [-0.39, 0.29) is 12.2 Å². The van der Waals surface area contributed by atoms with E-state index in [1.807, 2.05) is 0 Å². The Morgan fingerprint density at radius 3 is 2.35 bits per heavy atom. The molecule has 0 bridgehead atoms. The minimum Gasteiger partial charge on any atom is -0.508 e. The second-order valence-corrected chi connectivity index (χ2v) is 3.60. The van der Waals surface area contributed by atoms with Crippen LogP contribution in [0.1, 0.15) is 12.0 Å². The van der Waals surface area contributed by atoms with Gasteiger partial charge in [0.15, 0.2) is 0 Å². The van der Waals surface area contributed by atoms with Crippen LogP contribution in [0.5, 0.6) is 5.75 Å². The molecule has 0 radical (unpaired) electrons. The van der Waals surface area contributed by atoms with E-state index in [0.29, 0.717) is 6.54 Å². The number of carboxylic acids is 1. The second kappa shape index (κ2) is 5.86. The van der Waals surface area contributed by atoms with Crippen molar-refractivity contribution in [1.82, 2.24) is 5.32 Å². The number of carboxylic acid groups (broad SMARTS) is 1. The number of phenols is 1. The van der Waals surface area contributed by atoms with E-state index in [1.165, 1.54) is 12.1 Å². The lowest BCUT2D eigenvalue weighted by atomic mass is 10.1. The standard InChI is InChI=1S/C11H14N2O4/c12-11(17)9(5-10(15)16)13-6-7-1-3-8(14)4-2-7/h1-4,9,13-14H,5-6H2,(H2,12,17)(H,15,16)/t9-/m0/s1. The van der Waals surface area contributed by atoms with Crippen molar-refractivity contribution in [2.75, 3.05) is 0 Å². The fraction of sp³-hybridized carbons (Fsp3) is 0.273. The molecule has 0 fully saturated rings. The molecule has 0 unspecified atom stereocenters. The molecule has 92 valence electrons. The molecule has 0 spiro atoms. The van der Waals surface area contributed by atoms with Gasteiger partial charge < -0.3 is 21.3 Å². The van der Waals surface area contributed by atoms with Crippen LogP contribution >= 0.6 is 0 Å². The largest absolute Gasteiger partial charge is 0.508 e. The SMILES string of the molecule is NC(=O)[C@H](CC(=O)O)NCc1ccc(O)cc1. The highest BCUT2D eigenvalue weighted by Crippen LogP contribution is 2.09. The number of phenolic OH excluding ortho intramolecular Hbond substituents is 1. The third-order valence-electron chi connectivity index (χ3n) is 2.21. The molecule has 5 N–H and O–H groups in total. The van der Waals surface area contributed by atoms with E-state index >= 15 is 0 Å². The number of aromatic hydroxyl groups is 1. The van der Waals surface area contributed by atoms with E-state index in [1.54, 1.807) is 12.1 Å². The first kappa shape index (κ1) is 13.0. The smallest absolute Gasteiger partial charge is 0.305 e. The maximum absolute atomic E-state index is 11.0. The molecule has 6 heteroatoms. The lowest BCUT2D eigenvalue weighted by Crippen LogP contribution is -2.42. The van der Waals surface area contributed by atoms with Gasteiger partial charge in [-0.15, -0.1) is 0 Å². The Labute approximate surface area is 98.1 Å². The highest BCUT2D eigenvalue weighted by Gasteiger charge is 2.17. The zero-order valence-corrected chi connectivity index (χ0v) is 9.09. The summed E-state index contributed by atoms with van der Waals surface area (Å²) in [5.74, 6) is -1.65. The second-order valence-electron chi connectivity index (χ2n) is 3.60. The van der Waals surface area contributed by atoms with E-state index in [2.05, 4.69) is 5.32 Å². The van der Waals surface area contributed by atoms with Crippen LogP contribution in [0.25, 0.3) is 0 Å². The monoisotopic (exact) mass is 238 g/mol. The number of carbonyl (C=O) groups excluding carboxylic acids is 1. The van der Waals surface area contributed by atoms with Crippen LogP contribution in [0.15, 0.2) is 24.3 Å². The average molecular weight is 238 g/mol. The summed E-state index contributed by atoms with van der Waals surface area (Å²) in [4.78, 5) is 21.5. The van der Waals surface area contributed by atoms with Gasteiger partial charge in [-0.1, -0.05) is 12.1 Å². The Kier molecular flexibility index (Phi) is 4.47. The quantitative estimate of drug-likeness (QED) is 0.548. The maximum atomic E-state index is 11.0. The number of hydrogen-bond donors (Lipinski definition) is 4. The highest BCUT2D eigenvalue weighted by atomic mass is 16.4. The molecule has 1 atom stereocenters. The van der Waals surface area contributed by atoms with Crippen LogP contribution in [-0.2, 0) is 16.1 Å². The Morgan fingerprint density at radius 1 is 1.29 bits per heavy atom. The predicted octanol–water partition coefficient (Wildman–Crippen LogP) is -0.190. The summed E-state index contributed by atoms with van der Waals surface area (Å²) < 4.78 is 0. The maximum Gasteiger partial charge on any atom is 0.305 e. The fourth-order valence-electron chi connectivity index (χ4n) is 1.30. The summed E-state index contributed by atoms with van der Waals surface area (Å²) in [7, 11) is 0. The van der Waals surface area contributed by atoms with E-state index in [9.17, 15) is 9.59 Å². The van der Waals surface area contributed by atoms with Gasteiger partial charge in [-0.2, -0.15) is 0 Å². The van der Waals surface area contributed by atoms with Gasteiger partial charge in [0, 0.05) is 6.54 Å². The van der Waals surface area contributed by atoms with E-state index in [4.69, 9.17) is 15.9 Å². The van der Waals surface area contributed by atoms with Crippen molar-refractivity contribution in [2.24, 2.45) is 5.73 Å². The molecule has 0 aliphatic carbocycles. The van der Waals surface area contributed by atoms with Crippen molar-refractivity contribution in [3.05, 3.63) is 29.8 Å².